The lowest BCUT2D eigenvalue weighted by Crippen LogP contribution is -2.49. The molecule has 0 fully saturated rings. The number of nitrogens with zero attached hydrogens (tertiary/aromatic N) is 4. The standard InChI is InChI=1S/C20H21N5O2S/c1-20(2,3)22-18(26)17(14-8-7-11-21-12-14)25(15-9-5-4-6-10-15)19(27)16-13-28-24-23-16/h4-13,17H,1-3H3,(H,22,26)/t17-/m0/s1. The summed E-state index contributed by atoms with van der Waals surface area (Å²) in [6, 6.07) is 11.7. The van der Waals surface area contributed by atoms with Gasteiger partial charge >= 0.3 is 0 Å². The van der Waals surface area contributed by atoms with E-state index in [4.69, 9.17) is 0 Å². The molecule has 8 heteroatoms. The van der Waals surface area contributed by atoms with Crippen LogP contribution in [0.4, 0.5) is 5.69 Å². The molecular weight excluding hydrogens is 374 g/mol. The van der Waals surface area contributed by atoms with Crippen molar-refractivity contribution in [3.63, 3.8) is 0 Å². The summed E-state index contributed by atoms with van der Waals surface area (Å²) in [5.41, 5.74) is 0.903. The van der Waals surface area contributed by atoms with Crippen LogP contribution in [-0.2, 0) is 4.79 Å². The molecule has 1 N–H and O–H groups in total. The van der Waals surface area contributed by atoms with Gasteiger partial charge in [-0.2, -0.15) is 0 Å². The van der Waals surface area contributed by atoms with Gasteiger partial charge in [-0.05, 0) is 50.5 Å². The van der Waals surface area contributed by atoms with Crippen LogP contribution in [0.2, 0.25) is 0 Å². The molecule has 2 amide bonds. The lowest BCUT2D eigenvalue weighted by atomic mass is 10.0. The maximum absolute atomic E-state index is 13.3. The largest absolute Gasteiger partial charge is 0.349 e. The van der Waals surface area contributed by atoms with Crippen LogP contribution < -0.4 is 10.2 Å². The monoisotopic (exact) mass is 395 g/mol. The highest BCUT2D eigenvalue weighted by atomic mass is 32.1. The van der Waals surface area contributed by atoms with Gasteiger partial charge in [-0.25, -0.2) is 0 Å². The molecular formula is C20H21N5O2S. The number of nitrogens with one attached hydrogen (secondary N) is 1. The Morgan fingerprint density at radius 3 is 2.43 bits per heavy atom. The second-order valence-electron chi connectivity index (χ2n) is 7.23. The van der Waals surface area contributed by atoms with Crippen molar-refractivity contribution in [3.8, 4) is 0 Å². The maximum atomic E-state index is 13.3. The van der Waals surface area contributed by atoms with Gasteiger partial charge in [-0.15, -0.1) is 5.10 Å². The SMILES string of the molecule is CC(C)(C)NC(=O)[C@H](c1cccnc1)N(C(=O)c1csnn1)c1ccccc1. The van der Waals surface area contributed by atoms with Crippen molar-refractivity contribution >= 4 is 29.0 Å². The van der Waals surface area contributed by atoms with Gasteiger partial charge in [0.2, 0.25) is 5.91 Å². The van der Waals surface area contributed by atoms with Crippen molar-refractivity contribution < 1.29 is 9.59 Å². The fourth-order valence-electron chi connectivity index (χ4n) is 2.75. The Kier molecular flexibility index (Phi) is 5.79. The minimum Gasteiger partial charge on any atom is -0.349 e. The first-order valence-electron chi connectivity index (χ1n) is 8.74. The highest BCUT2D eigenvalue weighted by Gasteiger charge is 2.35. The van der Waals surface area contributed by atoms with E-state index in [1.54, 1.807) is 42.0 Å². The Morgan fingerprint density at radius 1 is 1.11 bits per heavy atom. The molecule has 0 saturated heterocycles. The van der Waals surface area contributed by atoms with E-state index in [0.717, 1.165) is 11.5 Å². The van der Waals surface area contributed by atoms with Crippen LogP contribution in [0.1, 0.15) is 42.9 Å². The lowest BCUT2D eigenvalue weighted by Gasteiger charge is -2.33. The van der Waals surface area contributed by atoms with E-state index in [9.17, 15) is 9.59 Å². The van der Waals surface area contributed by atoms with E-state index in [1.807, 2.05) is 39.0 Å². The predicted molar refractivity (Wildman–Crippen MR) is 108 cm³/mol. The number of benzene rings is 1. The molecule has 7 nitrogen and oxygen atoms in total. The number of pyridine rings is 1. The molecule has 3 rings (SSSR count). The zero-order valence-corrected chi connectivity index (χ0v) is 16.7. The fourth-order valence-corrected chi connectivity index (χ4v) is 3.18. The third-order valence-corrected chi connectivity index (χ3v) is 4.34. The third-order valence-electron chi connectivity index (χ3n) is 3.84. The Balaban J connectivity index is 2.13. The third kappa shape index (κ3) is 4.58. The summed E-state index contributed by atoms with van der Waals surface area (Å²) >= 11 is 1.08. The molecule has 2 aromatic heterocycles. The van der Waals surface area contributed by atoms with Crippen LogP contribution in [0, 0.1) is 0 Å². The Morgan fingerprint density at radius 2 is 1.86 bits per heavy atom. The molecule has 0 aliphatic rings. The highest BCUT2D eigenvalue weighted by molar-refractivity contribution is 7.03. The van der Waals surface area contributed by atoms with Crippen molar-refractivity contribution in [2.75, 3.05) is 4.90 Å². The summed E-state index contributed by atoms with van der Waals surface area (Å²) in [6.07, 6.45) is 3.22. The average Bonchev–Trinajstić information content (AvgIpc) is 3.20. The smallest absolute Gasteiger partial charge is 0.280 e. The minimum absolute atomic E-state index is 0.186. The van der Waals surface area contributed by atoms with Crippen LogP contribution in [0.25, 0.3) is 0 Å². The maximum Gasteiger partial charge on any atom is 0.280 e. The fraction of sp³-hybridized carbons (Fsp3) is 0.250. The normalized spacial score (nSPS) is 12.2. The number of rotatable bonds is 5. The second-order valence-corrected chi connectivity index (χ2v) is 7.84. The quantitative estimate of drug-likeness (QED) is 0.716. The van der Waals surface area contributed by atoms with Crippen LogP contribution in [0.15, 0.2) is 60.2 Å². The molecule has 0 aliphatic heterocycles. The van der Waals surface area contributed by atoms with Gasteiger partial charge in [0.05, 0.1) is 0 Å². The van der Waals surface area contributed by atoms with E-state index >= 15 is 0 Å². The summed E-state index contributed by atoms with van der Waals surface area (Å²) < 4.78 is 3.79. The summed E-state index contributed by atoms with van der Waals surface area (Å²) in [5.74, 6) is -0.709. The molecule has 144 valence electrons. The molecule has 0 radical (unpaired) electrons. The van der Waals surface area contributed by atoms with Crippen LogP contribution >= 0.6 is 11.5 Å². The summed E-state index contributed by atoms with van der Waals surface area (Å²) in [4.78, 5) is 32.2. The number of anilines is 1. The first kappa shape index (κ1) is 19.6. The van der Waals surface area contributed by atoms with E-state index in [2.05, 4.69) is 19.9 Å². The Hall–Kier alpha value is -3.13. The topological polar surface area (TPSA) is 88.1 Å². The van der Waals surface area contributed by atoms with Crippen molar-refractivity contribution in [1.82, 2.24) is 19.9 Å². The molecule has 0 unspecified atom stereocenters. The zero-order chi connectivity index (χ0) is 20.1. The average molecular weight is 395 g/mol. The number of aromatic nitrogens is 3. The number of hydrogen-bond donors (Lipinski definition) is 1. The van der Waals surface area contributed by atoms with Gasteiger partial charge in [-0.3, -0.25) is 19.5 Å². The van der Waals surface area contributed by atoms with Crippen LogP contribution in [0.3, 0.4) is 0 Å². The molecule has 3 aromatic rings. The van der Waals surface area contributed by atoms with Crippen LogP contribution in [0.5, 0.6) is 0 Å². The Labute approximate surface area is 167 Å². The van der Waals surface area contributed by atoms with Crippen LogP contribution in [-0.4, -0.2) is 31.9 Å². The van der Waals surface area contributed by atoms with E-state index in [1.165, 1.54) is 4.90 Å². The summed E-state index contributed by atoms with van der Waals surface area (Å²) in [7, 11) is 0. The Bertz CT molecular complexity index is 924. The van der Waals surface area contributed by atoms with E-state index in [-0.39, 0.29) is 11.6 Å². The highest BCUT2D eigenvalue weighted by Crippen LogP contribution is 2.29. The first-order chi connectivity index (χ1) is 13.4. The van der Waals surface area contributed by atoms with Crippen molar-refractivity contribution in [3.05, 3.63) is 71.5 Å². The summed E-state index contributed by atoms with van der Waals surface area (Å²) in [5, 5.41) is 8.45. The number of para-hydroxylation sites is 1. The number of hydrogen-bond acceptors (Lipinski definition) is 6. The first-order valence-corrected chi connectivity index (χ1v) is 9.58. The van der Waals surface area contributed by atoms with Gasteiger partial charge in [-0.1, -0.05) is 28.8 Å². The van der Waals surface area contributed by atoms with Crippen molar-refractivity contribution in [2.24, 2.45) is 0 Å². The number of carbonyl (C=O) groups excluding carboxylic acids is 2. The molecule has 0 saturated carbocycles. The lowest BCUT2D eigenvalue weighted by molar-refractivity contribution is -0.123. The minimum atomic E-state index is -0.912. The zero-order valence-electron chi connectivity index (χ0n) is 15.9. The molecule has 1 aromatic carbocycles. The molecule has 0 spiro atoms. The molecule has 1 atom stereocenters. The van der Waals surface area contributed by atoms with Gasteiger partial charge in [0.15, 0.2) is 5.69 Å². The molecule has 28 heavy (non-hydrogen) atoms. The van der Waals surface area contributed by atoms with Gasteiger partial charge in [0.25, 0.3) is 5.91 Å². The predicted octanol–water partition coefficient (Wildman–Crippen LogP) is 3.24. The number of amides is 2. The van der Waals surface area contributed by atoms with Crippen molar-refractivity contribution in [1.29, 1.82) is 0 Å². The van der Waals surface area contributed by atoms with Gasteiger partial charge in [0, 0.05) is 34.6 Å². The number of carbonyl (C=O) groups is 2. The van der Waals surface area contributed by atoms with Crippen molar-refractivity contribution in [2.45, 2.75) is 32.4 Å². The molecule has 0 bridgehead atoms. The van der Waals surface area contributed by atoms with Gasteiger partial charge in [0.1, 0.15) is 6.04 Å². The molecule has 2 heterocycles. The second kappa shape index (κ2) is 8.26. The summed E-state index contributed by atoms with van der Waals surface area (Å²) in [6.45, 7) is 5.68. The molecule has 0 aliphatic carbocycles. The van der Waals surface area contributed by atoms with Gasteiger partial charge < -0.3 is 5.32 Å². The van der Waals surface area contributed by atoms with E-state index in [0.29, 0.717) is 11.3 Å². The van der Waals surface area contributed by atoms with E-state index < -0.39 is 17.5 Å².